The van der Waals surface area contributed by atoms with Gasteiger partial charge in [0.25, 0.3) is 5.91 Å². The highest BCUT2D eigenvalue weighted by molar-refractivity contribution is 6.32. The van der Waals surface area contributed by atoms with Crippen LogP contribution in [0, 0.1) is 5.82 Å². The Balaban J connectivity index is 2.99. The van der Waals surface area contributed by atoms with E-state index in [1.54, 1.807) is 0 Å². The molecule has 92 valence electrons. The number of amides is 1. The summed E-state index contributed by atoms with van der Waals surface area (Å²) in [5, 5.41) is 8.77. The molecule has 0 bridgehead atoms. The number of nitrogens with zero attached hydrogens (tertiary/aromatic N) is 2. The first kappa shape index (κ1) is 13.6. The van der Waals surface area contributed by atoms with Crippen LogP contribution in [0.1, 0.15) is 10.4 Å². The summed E-state index contributed by atoms with van der Waals surface area (Å²) < 4.78 is 13.0. The lowest BCUT2D eigenvalue weighted by Crippen LogP contribution is -2.34. The smallest absolute Gasteiger partial charge is 0.257 e. The summed E-state index contributed by atoms with van der Waals surface area (Å²) in [7, 11) is 0. The van der Waals surface area contributed by atoms with Crippen molar-refractivity contribution in [1.29, 1.82) is 0 Å². The minimum absolute atomic E-state index is 0.0260. The average Bonchev–Trinajstić information content (AvgIpc) is 2.31. The molecule has 17 heavy (non-hydrogen) atoms. The normalized spacial score (nSPS) is 10.1. The highest BCUT2D eigenvalue weighted by Gasteiger charge is 2.18. The second-order valence-corrected chi connectivity index (χ2v) is 3.61. The third-order valence-corrected chi connectivity index (χ3v) is 2.34. The molecule has 4 nitrogen and oxygen atoms in total. The van der Waals surface area contributed by atoms with Crippen molar-refractivity contribution < 1.29 is 14.3 Å². The molecule has 1 amide bonds. The minimum Gasteiger partial charge on any atom is -0.395 e. The number of hydrogen-bond acceptors (Lipinski definition) is 3. The molecule has 1 rings (SSSR count). The number of hydrogen-bond donors (Lipinski definition) is 1. The molecule has 1 aromatic rings. The van der Waals surface area contributed by atoms with Crippen LogP contribution in [-0.4, -0.2) is 40.6 Å². The fourth-order valence-electron chi connectivity index (χ4n) is 1.30. The van der Waals surface area contributed by atoms with Crippen LogP contribution in [0.2, 0.25) is 5.15 Å². The van der Waals surface area contributed by atoms with Crippen LogP contribution in [-0.2, 0) is 0 Å². The zero-order chi connectivity index (χ0) is 12.8. The molecule has 0 aliphatic rings. The number of carbonyl (C=O) groups excluding carboxylic acids is 1. The zero-order valence-electron chi connectivity index (χ0n) is 9.07. The predicted molar refractivity (Wildman–Crippen MR) is 62.4 cm³/mol. The summed E-state index contributed by atoms with van der Waals surface area (Å²) >= 11 is 5.72. The van der Waals surface area contributed by atoms with Crippen LogP contribution < -0.4 is 0 Å². The van der Waals surface area contributed by atoms with Gasteiger partial charge in [-0.1, -0.05) is 17.7 Å². The van der Waals surface area contributed by atoms with E-state index in [1.807, 2.05) is 0 Å². The molecule has 0 aliphatic heterocycles. The highest BCUT2D eigenvalue weighted by atomic mass is 35.5. The van der Waals surface area contributed by atoms with Gasteiger partial charge in [0.1, 0.15) is 11.0 Å². The van der Waals surface area contributed by atoms with Gasteiger partial charge >= 0.3 is 0 Å². The van der Waals surface area contributed by atoms with Gasteiger partial charge in [-0.05, 0) is 6.07 Å². The van der Waals surface area contributed by atoms with E-state index < -0.39 is 11.7 Å². The molecule has 6 heteroatoms. The Labute approximate surface area is 103 Å². The molecule has 1 N–H and O–H groups in total. The Bertz CT molecular complexity index is 426. The Morgan fingerprint density at radius 1 is 1.71 bits per heavy atom. The summed E-state index contributed by atoms with van der Waals surface area (Å²) in [5.74, 6) is -1.13. The maximum absolute atomic E-state index is 13.0. The van der Waals surface area contributed by atoms with Crippen molar-refractivity contribution in [2.24, 2.45) is 0 Å². The molecular weight excluding hydrogens is 247 g/mol. The molecule has 0 fully saturated rings. The van der Waals surface area contributed by atoms with Gasteiger partial charge in [0.2, 0.25) is 0 Å². The van der Waals surface area contributed by atoms with Crippen molar-refractivity contribution in [3.05, 3.63) is 41.5 Å². The summed E-state index contributed by atoms with van der Waals surface area (Å²) in [4.78, 5) is 16.8. The largest absolute Gasteiger partial charge is 0.395 e. The minimum atomic E-state index is -0.639. The number of rotatable bonds is 5. The van der Waals surface area contributed by atoms with Gasteiger partial charge in [-0.3, -0.25) is 4.79 Å². The number of aromatic nitrogens is 1. The average molecular weight is 259 g/mol. The van der Waals surface area contributed by atoms with Gasteiger partial charge in [-0.25, -0.2) is 9.37 Å². The molecule has 1 aromatic heterocycles. The summed E-state index contributed by atoms with van der Waals surface area (Å²) in [6, 6.07) is 1.02. The quantitative estimate of drug-likeness (QED) is 0.643. The summed E-state index contributed by atoms with van der Waals surface area (Å²) in [6.45, 7) is 3.67. The van der Waals surface area contributed by atoms with E-state index in [0.29, 0.717) is 0 Å². The molecule has 0 atom stereocenters. The topological polar surface area (TPSA) is 53.4 Å². The molecule has 1 heterocycles. The first-order chi connectivity index (χ1) is 8.10. The van der Waals surface area contributed by atoms with Gasteiger partial charge in [0.15, 0.2) is 0 Å². The van der Waals surface area contributed by atoms with Crippen LogP contribution in [0.25, 0.3) is 0 Å². The maximum Gasteiger partial charge on any atom is 0.257 e. The van der Waals surface area contributed by atoms with E-state index in [2.05, 4.69) is 11.6 Å². The first-order valence-electron chi connectivity index (χ1n) is 4.92. The molecule has 0 saturated carbocycles. The molecule has 0 aliphatic carbocycles. The highest BCUT2D eigenvalue weighted by Crippen LogP contribution is 2.16. The summed E-state index contributed by atoms with van der Waals surface area (Å²) in [6.07, 6.45) is 2.44. The van der Waals surface area contributed by atoms with Crippen LogP contribution in [0.4, 0.5) is 4.39 Å². The third-order valence-electron chi connectivity index (χ3n) is 2.04. The SMILES string of the molecule is C=CCN(CCO)C(=O)c1cc(F)cnc1Cl. The Morgan fingerprint density at radius 3 is 3.00 bits per heavy atom. The number of aliphatic hydroxyl groups excluding tert-OH is 1. The van der Waals surface area contributed by atoms with Crippen molar-refractivity contribution in [3.63, 3.8) is 0 Å². The van der Waals surface area contributed by atoms with E-state index in [1.165, 1.54) is 11.0 Å². The van der Waals surface area contributed by atoms with E-state index in [9.17, 15) is 9.18 Å². The first-order valence-corrected chi connectivity index (χ1v) is 5.30. The lowest BCUT2D eigenvalue weighted by atomic mass is 10.2. The predicted octanol–water partition coefficient (Wildman–Crippen LogP) is 1.49. The summed E-state index contributed by atoms with van der Waals surface area (Å²) in [5.41, 5.74) is -0.0260. The monoisotopic (exact) mass is 258 g/mol. The molecular formula is C11H12ClFN2O2. The lowest BCUT2D eigenvalue weighted by Gasteiger charge is -2.20. The van der Waals surface area contributed by atoms with Crippen molar-refractivity contribution in [2.45, 2.75) is 0 Å². The van der Waals surface area contributed by atoms with E-state index in [0.717, 1.165) is 12.3 Å². The van der Waals surface area contributed by atoms with Crippen LogP contribution in [0.3, 0.4) is 0 Å². The molecule has 0 aromatic carbocycles. The molecule has 0 radical (unpaired) electrons. The third kappa shape index (κ3) is 3.51. The molecule has 0 unspecified atom stereocenters. The van der Waals surface area contributed by atoms with Gasteiger partial charge in [0.05, 0.1) is 18.4 Å². The van der Waals surface area contributed by atoms with Crippen LogP contribution >= 0.6 is 11.6 Å². The van der Waals surface area contributed by atoms with Crippen molar-refractivity contribution in [1.82, 2.24) is 9.88 Å². The number of aliphatic hydroxyl groups is 1. The Morgan fingerprint density at radius 2 is 2.41 bits per heavy atom. The van der Waals surface area contributed by atoms with Gasteiger partial charge in [0, 0.05) is 13.1 Å². The number of carbonyl (C=O) groups is 1. The lowest BCUT2D eigenvalue weighted by molar-refractivity contribution is 0.0742. The van der Waals surface area contributed by atoms with Crippen molar-refractivity contribution in [2.75, 3.05) is 19.7 Å². The van der Waals surface area contributed by atoms with Gasteiger partial charge in [-0.2, -0.15) is 0 Å². The van der Waals surface area contributed by atoms with Crippen LogP contribution in [0.15, 0.2) is 24.9 Å². The van der Waals surface area contributed by atoms with E-state index in [-0.39, 0.29) is 30.4 Å². The zero-order valence-corrected chi connectivity index (χ0v) is 9.82. The molecule has 0 spiro atoms. The Hall–Kier alpha value is -1.46. The standard InChI is InChI=1S/C11H12ClFN2O2/c1-2-3-15(4-5-16)11(17)9-6-8(13)7-14-10(9)12/h2,6-7,16H,1,3-5H2. The fourth-order valence-corrected chi connectivity index (χ4v) is 1.48. The number of halogens is 2. The Kier molecular flexibility index (Phi) is 5.06. The van der Waals surface area contributed by atoms with Gasteiger partial charge in [-0.15, -0.1) is 6.58 Å². The van der Waals surface area contributed by atoms with Gasteiger partial charge < -0.3 is 10.0 Å². The second kappa shape index (κ2) is 6.32. The van der Waals surface area contributed by atoms with Crippen molar-refractivity contribution in [3.8, 4) is 0 Å². The maximum atomic E-state index is 13.0. The van der Waals surface area contributed by atoms with Crippen LogP contribution in [0.5, 0.6) is 0 Å². The second-order valence-electron chi connectivity index (χ2n) is 3.26. The van der Waals surface area contributed by atoms with E-state index in [4.69, 9.17) is 16.7 Å². The number of pyridine rings is 1. The van der Waals surface area contributed by atoms with Crippen molar-refractivity contribution >= 4 is 17.5 Å². The van der Waals surface area contributed by atoms with E-state index >= 15 is 0 Å². The fraction of sp³-hybridized carbons (Fsp3) is 0.273. The molecule has 0 saturated heterocycles.